The normalized spacial score (nSPS) is 14.0. The minimum atomic E-state index is -0.124. The van der Waals surface area contributed by atoms with Gasteiger partial charge in [0.1, 0.15) is 0 Å². The van der Waals surface area contributed by atoms with Crippen molar-refractivity contribution in [3.63, 3.8) is 0 Å². The van der Waals surface area contributed by atoms with E-state index in [0.29, 0.717) is 23.4 Å². The number of halogens is 1. The number of thioether (sulfide) groups is 1. The number of carbonyl (C=O) groups excluding carboxylic acids is 1. The zero-order valence-corrected chi connectivity index (χ0v) is 17.1. The molecule has 2 aromatic carbocycles. The monoisotopic (exact) mass is 430 g/mol. The maximum Gasteiger partial charge on any atom is 0.234 e. The Morgan fingerprint density at radius 3 is 2.69 bits per heavy atom. The van der Waals surface area contributed by atoms with E-state index in [2.05, 4.69) is 25.7 Å². The van der Waals surface area contributed by atoms with Gasteiger partial charge in [-0.25, -0.2) is 0 Å². The summed E-state index contributed by atoms with van der Waals surface area (Å²) in [5, 5.41) is 15.9. The number of carbonyl (C=O) groups is 1. The van der Waals surface area contributed by atoms with Crippen molar-refractivity contribution in [2.24, 2.45) is 0 Å². The fourth-order valence-corrected chi connectivity index (χ4v) is 3.81. The molecule has 4 rings (SSSR count). The molecule has 0 radical (unpaired) electrons. The van der Waals surface area contributed by atoms with Crippen LogP contribution in [0.3, 0.4) is 0 Å². The fourth-order valence-electron chi connectivity index (χ4n) is 2.99. The standard InChI is InChI=1S/C19H19ClN6O2S/c20-14-5-7-15(8-6-14)26-19(22-23-24-26)29-13-18(27)21-16-3-1-2-4-17(16)25-9-11-28-12-10-25/h1-8H,9-13H2,(H,21,27). The van der Waals surface area contributed by atoms with Crippen molar-refractivity contribution in [3.05, 3.63) is 53.6 Å². The predicted molar refractivity (Wildman–Crippen MR) is 113 cm³/mol. The lowest BCUT2D eigenvalue weighted by atomic mass is 10.2. The van der Waals surface area contributed by atoms with Gasteiger partial charge in [0, 0.05) is 18.1 Å². The van der Waals surface area contributed by atoms with Crippen LogP contribution in [0.25, 0.3) is 5.69 Å². The molecule has 0 unspecified atom stereocenters. The number of hydrogen-bond acceptors (Lipinski definition) is 7. The van der Waals surface area contributed by atoms with Crippen LogP contribution in [0, 0.1) is 0 Å². The molecule has 3 aromatic rings. The molecule has 1 amide bonds. The summed E-state index contributed by atoms with van der Waals surface area (Å²) in [6.07, 6.45) is 0. The van der Waals surface area contributed by atoms with Gasteiger partial charge < -0.3 is 15.0 Å². The first-order valence-corrected chi connectivity index (χ1v) is 10.5. The summed E-state index contributed by atoms with van der Waals surface area (Å²) in [6, 6.07) is 15.0. The average molecular weight is 431 g/mol. The second kappa shape index (κ2) is 9.25. The van der Waals surface area contributed by atoms with E-state index in [9.17, 15) is 4.79 Å². The minimum Gasteiger partial charge on any atom is -0.378 e. The number of amides is 1. The van der Waals surface area contributed by atoms with Crippen molar-refractivity contribution in [1.82, 2.24) is 20.2 Å². The van der Waals surface area contributed by atoms with Crippen molar-refractivity contribution in [2.45, 2.75) is 5.16 Å². The molecule has 1 aliphatic rings. The van der Waals surface area contributed by atoms with Gasteiger partial charge >= 0.3 is 0 Å². The second-order valence-corrected chi connectivity index (χ2v) is 7.68. The van der Waals surface area contributed by atoms with E-state index in [1.807, 2.05) is 36.4 Å². The SMILES string of the molecule is O=C(CSc1nnnn1-c1ccc(Cl)cc1)Nc1ccccc1N1CCOCC1. The molecule has 1 aliphatic heterocycles. The third-order valence-corrected chi connectivity index (χ3v) is 5.55. The van der Waals surface area contributed by atoms with E-state index in [1.165, 1.54) is 11.8 Å². The summed E-state index contributed by atoms with van der Waals surface area (Å²) in [5.74, 6) is 0.0622. The highest BCUT2D eigenvalue weighted by molar-refractivity contribution is 7.99. The number of rotatable bonds is 6. The molecule has 2 heterocycles. The number of para-hydroxylation sites is 2. The van der Waals surface area contributed by atoms with Crippen LogP contribution in [0.2, 0.25) is 5.02 Å². The quantitative estimate of drug-likeness (QED) is 0.602. The van der Waals surface area contributed by atoms with Gasteiger partial charge in [0.05, 0.1) is 36.0 Å². The summed E-state index contributed by atoms with van der Waals surface area (Å²) in [7, 11) is 0. The Bertz CT molecular complexity index is 975. The van der Waals surface area contributed by atoms with Gasteiger partial charge in [-0.1, -0.05) is 35.5 Å². The number of benzene rings is 2. The fraction of sp³-hybridized carbons (Fsp3) is 0.263. The Hall–Kier alpha value is -2.62. The first-order chi connectivity index (χ1) is 14.2. The van der Waals surface area contributed by atoms with Crippen LogP contribution < -0.4 is 10.2 Å². The molecule has 10 heteroatoms. The van der Waals surface area contributed by atoms with Crippen LogP contribution in [0.15, 0.2) is 53.7 Å². The van der Waals surface area contributed by atoms with E-state index in [4.69, 9.17) is 16.3 Å². The zero-order valence-electron chi connectivity index (χ0n) is 15.5. The third kappa shape index (κ3) is 4.87. The van der Waals surface area contributed by atoms with Gasteiger partial charge in [0.25, 0.3) is 0 Å². The van der Waals surface area contributed by atoms with Gasteiger partial charge in [-0.15, -0.1) is 5.10 Å². The number of aromatic nitrogens is 4. The van der Waals surface area contributed by atoms with Crippen molar-refractivity contribution in [1.29, 1.82) is 0 Å². The summed E-state index contributed by atoms with van der Waals surface area (Å²) in [6.45, 7) is 2.98. The Labute approximate surface area is 177 Å². The van der Waals surface area contributed by atoms with Gasteiger partial charge in [-0.3, -0.25) is 4.79 Å². The lowest BCUT2D eigenvalue weighted by Crippen LogP contribution is -2.36. The highest BCUT2D eigenvalue weighted by Crippen LogP contribution is 2.27. The number of anilines is 2. The first-order valence-electron chi connectivity index (χ1n) is 9.09. The molecule has 1 N–H and O–H groups in total. The molecule has 0 spiro atoms. The molecule has 8 nitrogen and oxygen atoms in total. The van der Waals surface area contributed by atoms with E-state index >= 15 is 0 Å². The molecule has 0 saturated carbocycles. The second-order valence-electron chi connectivity index (χ2n) is 6.30. The summed E-state index contributed by atoms with van der Waals surface area (Å²) in [4.78, 5) is 14.8. The van der Waals surface area contributed by atoms with Gasteiger partial charge in [-0.2, -0.15) is 4.68 Å². The number of morpholine rings is 1. The minimum absolute atomic E-state index is 0.124. The number of tetrazole rings is 1. The van der Waals surface area contributed by atoms with Crippen molar-refractivity contribution < 1.29 is 9.53 Å². The Balaban J connectivity index is 1.41. The topological polar surface area (TPSA) is 85.2 Å². The van der Waals surface area contributed by atoms with Crippen LogP contribution in [-0.2, 0) is 9.53 Å². The average Bonchev–Trinajstić information content (AvgIpc) is 3.22. The van der Waals surface area contributed by atoms with Crippen molar-refractivity contribution >= 4 is 40.6 Å². The first kappa shape index (κ1) is 19.7. The molecule has 150 valence electrons. The molecular weight excluding hydrogens is 412 g/mol. The number of ether oxygens (including phenoxy) is 1. The van der Waals surface area contributed by atoms with Gasteiger partial charge in [-0.05, 0) is 46.8 Å². The summed E-state index contributed by atoms with van der Waals surface area (Å²) < 4.78 is 6.99. The van der Waals surface area contributed by atoms with Crippen LogP contribution in [-0.4, -0.2) is 58.2 Å². The molecule has 1 aromatic heterocycles. The molecule has 29 heavy (non-hydrogen) atoms. The van der Waals surface area contributed by atoms with Crippen LogP contribution >= 0.6 is 23.4 Å². The summed E-state index contributed by atoms with van der Waals surface area (Å²) >= 11 is 7.20. The highest BCUT2D eigenvalue weighted by Gasteiger charge is 2.17. The van der Waals surface area contributed by atoms with E-state index in [0.717, 1.165) is 30.2 Å². The van der Waals surface area contributed by atoms with Gasteiger partial charge in [0.15, 0.2) is 0 Å². The van der Waals surface area contributed by atoms with Crippen molar-refractivity contribution in [2.75, 3.05) is 42.3 Å². The molecular formula is C19H19ClN6O2S. The highest BCUT2D eigenvalue weighted by atomic mass is 35.5. The third-order valence-electron chi connectivity index (χ3n) is 4.37. The van der Waals surface area contributed by atoms with E-state index < -0.39 is 0 Å². The zero-order chi connectivity index (χ0) is 20.1. The van der Waals surface area contributed by atoms with Crippen LogP contribution in [0.1, 0.15) is 0 Å². The molecule has 1 fully saturated rings. The van der Waals surface area contributed by atoms with Crippen LogP contribution in [0.4, 0.5) is 11.4 Å². The number of nitrogens with one attached hydrogen (secondary N) is 1. The van der Waals surface area contributed by atoms with Crippen molar-refractivity contribution in [3.8, 4) is 5.69 Å². The van der Waals surface area contributed by atoms with Gasteiger partial charge in [0.2, 0.25) is 11.1 Å². The summed E-state index contributed by atoms with van der Waals surface area (Å²) in [5.41, 5.74) is 2.57. The van der Waals surface area contributed by atoms with E-state index in [1.54, 1.807) is 16.8 Å². The maximum absolute atomic E-state index is 12.6. The predicted octanol–water partition coefficient (Wildman–Crippen LogP) is 2.88. The van der Waals surface area contributed by atoms with E-state index in [-0.39, 0.29) is 11.7 Å². The van der Waals surface area contributed by atoms with Crippen LogP contribution in [0.5, 0.6) is 0 Å². The number of hydrogen-bond donors (Lipinski definition) is 1. The largest absolute Gasteiger partial charge is 0.378 e. The smallest absolute Gasteiger partial charge is 0.234 e. The maximum atomic E-state index is 12.6. The lowest BCUT2D eigenvalue weighted by Gasteiger charge is -2.30. The lowest BCUT2D eigenvalue weighted by molar-refractivity contribution is -0.113. The Morgan fingerprint density at radius 2 is 1.90 bits per heavy atom. The molecule has 0 aliphatic carbocycles. The Morgan fingerprint density at radius 1 is 1.14 bits per heavy atom. The molecule has 0 atom stereocenters. The Kier molecular flexibility index (Phi) is 6.28. The molecule has 0 bridgehead atoms. The molecule has 1 saturated heterocycles. The number of nitrogens with zero attached hydrogens (tertiary/aromatic N) is 5.